The van der Waals surface area contributed by atoms with Crippen molar-refractivity contribution in [2.45, 2.75) is 18.9 Å². The van der Waals surface area contributed by atoms with Crippen molar-refractivity contribution in [2.24, 2.45) is 0 Å². The summed E-state index contributed by atoms with van der Waals surface area (Å²) in [7, 11) is 0. The van der Waals surface area contributed by atoms with Crippen molar-refractivity contribution in [1.82, 2.24) is 14.7 Å². The quantitative estimate of drug-likeness (QED) is 0.786. The fraction of sp³-hybridized carbons (Fsp3) is 0.211. The highest BCUT2D eigenvalue weighted by Crippen LogP contribution is 2.40. The predicted octanol–water partition coefficient (Wildman–Crippen LogP) is 3.30. The largest absolute Gasteiger partial charge is 0.491 e. The Morgan fingerprint density at radius 1 is 1.24 bits per heavy atom. The lowest BCUT2D eigenvalue weighted by molar-refractivity contribution is 0.0879. The zero-order valence-corrected chi connectivity index (χ0v) is 14.5. The van der Waals surface area contributed by atoms with E-state index in [2.05, 4.69) is 14.7 Å². The van der Waals surface area contributed by atoms with Gasteiger partial charge in [0.2, 0.25) is 0 Å². The molecule has 25 heavy (non-hydrogen) atoms. The number of fused-ring (bicyclic) bond motifs is 1. The second kappa shape index (κ2) is 6.29. The molecular weight excluding hydrogens is 334 g/mol. The SMILES string of the molecule is Cc1ccc([C@@]2(NC(=O)c3ccsn3)CCOc3cccnc32)cc1. The highest BCUT2D eigenvalue weighted by Gasteiger charge is 2.42. The van der Waals surface area contributed by atoms with E-state index in [0.717, 1.165) is 16.8 Å². The van der Waals surface area contributed by atoms with Gasteiger partial charge in [0, 0.05) is 18.0 Å². The van der Waals surface area contributed by atoms with Crippen LogP contribution >= 0.6 is 11.5 Å². The van der Waals surface area contributed by atoms with Gasteiger partial charge in [-0.15, -0.1) is 0 Å². The van der Waals surface area contributed by atoms with E-state index >= 15 is 0 Å². The van der Waals surface area contributed by atoms with Crippen molar-refractivity contribution in [3.63, 3.8) is 0 Å². The maximum absolute atomic E-state index is 12.8. The molecule has 1 atom stereocenters. The van der Waals surface area contributed by atoms with Crippen LogP contribution in [0.5, 0.6) is 5.75 Å². The van der Waals surface area contributed by atoms with Crippen LogP contribution in [-0.2, 0) is 5.54 Å². The van der Waals surface area contributed by atoms with Gasteiger partial charge in [-0.2, -0.15) is 4.37 Å². The topological polar surface area (TPSA) is 64.1 Å². The average Bonchev–Trinajstić information content (AvgIpc) is 3.17. The number of hydrogen-bond acceptors (Lipinski definition) is 5. The molecule has 0 spiro atoms. The number of rotatable bonds is 3. The van der Waals surface area contributed by atoms with Crippen LogP contribution in [-0.4, -0.2) is 21.9 Å². The molecular formula is C19H17N3O2S. The average molecular weight is 351 g/mol. The van der Waals surface area contributed by atoms with Crippen LogP contribution < -0.4 is 10.1 Å². The third kappa shape index (κ3) is 2.78. The third-order valence-corrected chi connectivity index (χ3v) is 5.01. The summed E-state index contributed by atoms with van der Waals surface area (Å²) < 4.78 is 9.92. The summed E-state index contributed by atoms with van der Waals surface area (Å²) in [4.78, 5) is 17.3. The van der Waals surface area contributed by atoms with Gasteiger partial charge in [-0.25, -0.2) is 0 Å². The van der Waals surface area contributed by atoms with Crippen LogP contribution in [0.2, 0.25) is 0 Å². The van der Waals surface area contributed by atoms with Gasteiger partial charge >= 0.3 is 0 Å². The van der Waals surface area contributed by atoms with Gasteiger partial charge in [-0.3, -0.25) is 9.78 Å². The lowest BCUT2D eigenvalue weighted by Crippen LogP contribution is -2.50. The summed E-state index contributed by atoms with van der Waals surface area (Å²) in [5.41, 5.74) is 2.57. The number of aryl methyl sites for hydroxylation is 1. The molecule has 1 aromatic carbocycles. The standard InChI is InChI=1S/C19H17N3O2S/c1-13-4-6-14(7-5-13)19(21-18(23)15-8-12-25-22-15)9-11-24-16-3-2-10-20-17(16)19/h2-8,10,12H,9,11H2,1H3,(H,21,23)/t19-/m0/s1. The first-order chi connectivity index (χ1) is 12.2. The Kier molecular flexibility index (Phi) is 3.97. The van der Waals surface area contributed by atoms with Crippen molar-refractivity contribution >= 4 is 17.4 Å². The second-order valence-electron chi connectivity index (χ2n) is 6.06. The summed E-state index contributed by atoms with van der Waals surface area (Å²) in [6, 6.07) is 13.6. The van der Waals surface area contributed by atoms with Crippen LogP contribution in [0.3, 0.4) is 0 Å². The molecule has 0 bridgehead atoms. The van der Waals surface area contributed by atoms with E-state index < -0.39 is 5.54 Å². The van der Waals surface area contributed by atoms with E-state index in [4.69, 9.17) is 4.74 Å². The van der Waals surface area contributed by atoms with E-state index in [1.807, 2.05) is 43.3 Å². The zero-order chi connectivity index (χ0) is 17.3. The van der Waals surface area contributed by atoms with E-state index in [9.17, 15) is 4.79 Å². The molecule has 6 heteroatoms. The Morgan fingerprint density at radius 2 is 2.08 bits per heavy atom. The fourth-order valence-corrected chi connectivity index (χ4v) is 3.67. The van der Waals surface area contributed by atoms with Crippen molar-refractivity contribution < 1.29 is 9.53 Å². The molecule has 0 fully saturated rings. The van der Waals surface area contributed by atoms with Gasteiger partial charge in [-0.1, -0.05) is 29.8 Å². The number of hydrogen-bond donors (Lipinski definition) is 1. The lowest BCUT2D eigenvalue weighted by atomic mass is 9.81. The van der Waals surface area contributed by atoms with Crippen molar-refractivity contribution in [2.75, 3.05) is 6.61 Å². The minimum Gasteiger partial charge on any atom is -0.491 e. The molecule has 4 rings (SSSR count). The monoisotopic (exact) mass is 351 g/mol. The van der Waals surface area contributed by atoms with E-state index in [-0.39, 0.29) is 5.91 Å². The highest BCUT2D eigenvalue weighted by molar-refractivity contribution is 7.03. The number of carbonyl (C=O) groups is 1. The van der Waals surface area contributed by atoms with E-state index in [0.29, 0.717) is 24.5 Å². The molecule has 1 N–H and O–H groups in total. The number of benzene rings is 1. The Labute approximate surface area is 149 Å². The molecule has 1 aliphatic heterocycles. The molecule has 0 aliphatic carbocycles. The summed E-state index contributed by atoms with van der Waals surface area (Å²) in [6.45, 7) is 2.55. The van der Waals surface area contributed by atoms with Crippen LogP contribution in [0.4, 0.5) is 0 Å². The number of amides is 1. The van der Waals surface area contributed by atoms with Gasteiger partial charge in [-0.05, 0) is 42.2 Å². The summed E-state index contributed by atoms with van der Waals surface area (Å²) in [6.07, 6.45) is 2.33. The maximum Gasteiger partial charge on any atom is 0.272 e. The summed E-state index contributed by atoms with van der Waals surface area (Å²) in [5.74, 6) is 0.494. The molecule has 0 saturated carbocycles. The van der Waals surface area contributed by atoms with E-state index in [1.165, 1.54) is 11.5 Å². The molecule has 1 amide bonds. The Morgan fingerprint density at radius 3 is 2.84 bits per heavy atom. The van der Waals surface area contributed by atoms with Crippen molar-refractivity contribution in [3.05, 3.63) is 76.6 Å². The van der Waals surface area contributed by atoms with Crippen molar-refractivity contribution in [1.29, 1.82) is 0 Å². The highest BCUT2D eigenvalue weighted by atomic mass is 32.1. The molecule has 1 aliphatic rings. The molecule has 0 unspecified atom stereocenters. The van der Waals surface area contributed by atoms with Gasteiger partial charge in [0.05, 0.1) is 6.61 Å². The van der Waals surface area contributed by atoms with Gasteiger partial charge < -0.3 is 10.1 Å². The van der Waals surface area contributed by atoms with Crippen LogP contribution in [0, 0.1) is 6.92 Å². The van der Waals surface area contributed by atoms with Crippen LogP contribution in [0.15, 0.2) is 54.0 Å². The Balaban J connectivity index is 1.85. The van der Waals surface area contributed by atoms with Crippen LogP contribution in [0.25, 0.3) is 0 Å². The van der Waals surface area contributed by atoms with Gasteiger partial charge in [0.25, 0.3) is 5.91 Å². The molecule has 0 saturated heterocycles. The lowest BCUT2D eigenvalue weighted by Gasteiger charge is -2.38. The number of pyridine rings is 1. The second-order valence-corrected chi connectivity index (χ2v) is 6.72. The number of ether oxygens (including phenoxy) is 1. The van der Waals surface area contributed by atoms with Crippen LogP contribution in [0.1, 0.15) is 33.7 Å². The minimum atomic E-state index is -0.733. The zero-order valence-electron chi connectivity index (χ0n) is 13.7. The number of nitrogens with zero attached hydrogens (tertiary/aromatic N) is 2. The normalized spacial score (nSPS) is 18.9. The van der Waals surface area contributed by atoms with Crippen molar-refractivity contribution in [3.8, 4) is 5.75 Å². The molecule has 2 aromatic heterocycles. The number of nitrogens with one attached hydrogen (secondary N) is 1. The molecule has 3 aromatic rings. The first-order valence-electron chi connectivity index (χ1n) is 8.07. The van der Waals surface area contributed by atoms with E-state index in [1.54, 1.807) is 17.6 Å². The Bertz CT molecular complexity index is 893. The fourth-order valence-electron chi connectivity index (χ4n) is 3.16. The van der Waals surface area contributed by atoms with Gasteiger partial charge in [0.1, 0.15) is 22.7 Å². The van der Waals surface area contributed by atoms with Gasteiger partial charge in [0.15, 0.2) is 0 Å². The Hall–Kier alpha value is -2.73. The smallest absolute Gasteiger partial charge is 0.272 e. The predicted molar refractivity (Wildman–Crippen MR) is 95.9 cm³/mol. The summed E-state index contributed by atoms with van der Waals surface area (Å²) in [5, 5.41) is 4.98. The molecule has 0 radical (unpaired) electrons. The number of carbonyl (C=O) groups excluding carboxylic acids is 1. The first kappa shape index (κ1) is 15.8. The third-order valence-electron chi connectivity index (χ3n) is 4.45. The molecule has 126 valence electrons. The minimum absolute atomic E-state index is 0.208. The maximum atomic E-state index is 12.8. The number of aromatic nitrogens is 2. The first-order valence-corrected chi connectivity index (χ1v) is 8.91. The molecule has 5 nitrogen and oxygen atoms in total. The summed E-state index contributed by atoms with van der Waals surface area (Å²) >= 11 is 1.26. The molecule has 3 heterocycles.